The van der Waals surface area contributed by atoms with E-state index in [2.05, 4.69) is 17.2 Å². The lowest BCUT2D eigenvalue weighted by Gasteiger charge is -2.26. The van der Waals surface area contributed by atoms with Crippen LogP contribution in [0.5, 0.6) is 0 Å². The van der Waals surface area contributed by atoms with Gasteiger partial charge in [0.25, 0.3) is 5.91 Å². The Morgan fingerprint density at radius 2 is 1.75 bits per heavy atom. The first-order chi connectivity index (χ1) is 13.7. The van der Waals surface area contributed by atoms with Gasteiger partial charge in [0.15, 0.2) is 8.29 Å². The molecule has 1 aliphatic rings. The summed E-state index contributed by atoms with van der Waals surface area (Å²) in [7, 11) is 0. The molecule has 28 heavy (non-hydrogen) atoms. The fourth-order valence-corrected chi connectivity index (χ4v) is 5.54. The number of aromatic nitrogens is 2. The standard InChI is InChI=1S/C21H21N3OS3/c25-19(23-13-5-2-6-14-23)17-9-11-18(12-10-17)24-21(26)28-20(22-24)27-15-16-7-3-1-4-8-16/h1,3-4,7-12H,2,5-6,13-15H2. The van der Waals surface area contributed by atoms with Gasteiger partial charge in [0, 0.05) is 24.4 Å². The number of carbonyl (C=O) groups is 1. The summed E-state index contributed by atoms with van der Waals surface area (Å²) in [5, 5.41) is 4.66. The number of thioether (sulfide) groups is 1. The lowest BCUT2D eigenvalue weighted by molar-refractivity contribution is 0.0724. The Morgan fingerprint density at radius 1 is 1.04 bits per heavy atom. The van der Waals surface area contributed by atoms with Gasteiger partial charge in [-0.15, -0.1) is 5.10 Å². The maximum absolute atomic E-state index is 12.6. The van der Waals surface area contributed by atoms with Crippen molar-refractivity contribution in [3.8, 4) is 5.69 Å². The van der Waals surface area contributed by atoms with Gasteiger partial charge < -0.3 is 4.90 Å². The van der Waals surface area contributed by atoms with Crippen LogP contribution in [0, 0.1) is 3.95 Å². The van der Waals surface area contributed by atoms with Gasteiger partial charge in [0.1, 0.15) is 0 Å². The van der Waals surface area contributed by atoms with Crippen LogP contribution in [0.2, 0.25) is 0 Å². The molecule has 4 nitrogen and oxygen atoms in total. The summed E-state index contributed by atoms with van der Waals surface area (Å²) in [6.07, 6.45) is 3.41. The topological polar surface area (TPSA) is 38.1 Å². The van der Waals surface area contributed by atoms with Crippen molar-refractivity contribution in [1.29, 1.82) is 0 Å². The number of carbonyl (C=O) groups excluding carboxylic acids is 1. The summed E-state index contributed by atoms with van der Waals surface area (Å²) >= 11 is 8.71. The van der Waals surface area contributed by atoms with Crippen LogP contribution in [0.3, 0.4) is 0 Å². The molecular weight excluding hydrogens is 406 g/mol. The van der Waals surface area contributed by atoms with E-state index in [0.29, 0.717) is 3.95 Å². The number of benzene rings is 2. The van der Waals surface area contributed by atoms with Crippen molar-refractivity contribution in [2.45, 2.75) is 29.4 Å². The Balaban J connectivity index is 1.46. The normalized spacial score (nSPS) is 14.2. The molecule has 1 aromatic heterocycles. The van der Waals surface area contributed by atoms with E-state index in [1.54, 1.807) is 16.4 Å². The third-order valence-electron chi connectivity index (χ3n) is 4.74. The molecule has 0 atom stereocenters. The second kappa shape index (κ2) is 9.03. The summed E-state index contributed by atoms with van der Waals surface area (Å²) < 4.78 is 3.44. The molecule has 1 aliphatic heterocycles. The third-order valence-corrected chi connectivity index (χ3v) is 7.17. The van der Waals surface area contributed by atoms with Gasteiger partial charge >= 0.3 is 0 Å². The molecule has 0 saturated carbocycles. The van der Waals surface area contributed by atoms with Crippen molar-refractivity contribution in [2.24, 2.45) is 0 Å². The molecular formula is C21H21N3OS3. The largest absolute Gasteiger partial charge is 0.339 e. The van der Waals surface area contributed by atoms with Gasteiger partial charge in [-0.2, -0.15) is 0 Å². The lowest BCUT2D eigenvalue weighted by Crippen LogP contribution is -2.35. The number of likely N-dealkylation sites (tertiary alicyclic amines) is 1. The van der Waals surface area contributed by atoms with Crippen LogP contribution in [0.15, 0.2) is 58.9 Å². The van der Waals surface area contributed by atoms with Gasteiger partial charge in [-0.1, -0.05) is 53.4 Å². The second-order valence-corrected chi connectivity index (χ2v) is 9.56. The molecule has 0 N–H and O–H groups in total. The molecule has 2 aromatic carbocycles. The molecule has 3 aromatic rings. The third kappa shape index (κ3) is 4.54. The fourth-order valence-electron chi connectivity index (χ4n) is 3.23. The van der Waals surface area contributed by atoms with Crippen molar-refractivity contribution in [2.75, 3.05) is 13.1 Å². The average Bonchev–Trinajstić information content (AvgIpc) is 3.14. The smallest absolute Gasteiger partial charge is 0.253 e. The van der Waals surface area contributed by atoms with Gasteiger partial charge in [-0.05, 0) is 61.3 Å². The highest BCUT2D eigenvalue weighted by molar-refractivity contribution is 8.00. The van der Waals surface area contributed by atoms with Crippen LogP contribution in [-0.4, -0.2) is 33.7 Å². The summed E-state index contributed by atoms with van der Waals surface area (Å²) in [4.78, 5) is 14.6. The number of rotatable bonds is 5. The van der Waals surface area contributed by atoms with Crippen LogP contribution in [0.25, 0.3) is 5.69 Å². The summed E-state index contributed by atoms with van der Waals surface area (Å²) in [6, 6.07) is 18.0. The van der Waals surface area contributed by atoms with Crippen LogP contribution >= 0.6 is 35.3 Å². The Labute approximate surface area is 178 Å². The molecule has 1 saturated heterocycles. The summed E-state index contributed by atoms with van der Waals surface area (Å²) in [5.74, 6) is 0.985. The minimum Gasteiger partial charge on any atom is -0.339 e. The molecule has 0 spiro atoms. The van der Waals surface area contributed by atoms with Crippen molar-refractivity contribution in [3.63, 3.8) is 0 Å². The Hall–Kier alpha value is -1.96. The zero-order valence-electron chi connectivity index (χ0n) is 15.4. The molecule has 144 valence electrons. The first kappa shape index (κ1) is 19.4. The van der Waals surface area contributed by atoms with Crippen LogP contribution in [0.1, 0.15) is 35.2 Å². The monoisotopic (exact) mass is 427 g/mol. The van der Waals surface area contributed by atoms with Crippen LogP contribution < -0.4 is 0 Å². The number of hydrogen-bond donors (Lipinski definition) is 0. The predicted molar refractivity (Wildman–Crippen MR) is 118 cm³/mol. The minimum atomic E-state index is 0.118. The zero-order valence-corrected chi connectivity index (χ0v) is 17.9. The highest BCUT2D eigenvalue weighted by atomic mass is 32.2. The molecule has 0 radical (unpaired) electrons. The maximum atomic E-state index is 12.6. The summed E-state index contributed by atoms with van der Waals surface area (Å²) in [5.41, 5.74) is 2.88. The first-order valence-electron chi connectivity index (χ1n) is 9.37. The van der Waals surface area contributed by atoms with Crippen LogP contribution in [-0.2, 0) is 5.75 Å². The average molecular weight is 428 g/mol. The van der Waals surface area contributed by atoms with E-state index in [9.17, 15) is 4.79 Å². The highest BCUT2D eigenvalue weighted by Crippen LogP contribution is 2.27. The molecule has 0 aliphatic carbocycles. The quantitative estimate of drug-likeness (QED) is 0.393. The van der Waals surface area contributed by atoms with E-state index in [-0.39, 0.29) is 5.91 Å². The van der Waals surface area contributed by atoms with Crippen molar-refractivity contribution in [1.82, 2.24) is 14.7 Å². The Kier molecular flexibility index (Phi) is 6.24. The SMILES string of the molecule is O=C(c1ccc(-n2nc(SCc3ccccc3)sc2=S)cc1)N1CCCCC1. The van der Waals surface area contributed by atoms with E-state index < -0.39 is 0 Å². The highest BCUT2D eigenvalue weighted by Gasteiger charge is 2.18. The minimum absolute atomic E-state index is 0.118. The number of hydrogen-bond acceptors (Lipinski definition) is 5. The van der Waals surface area contributed by atoms with Crippen LogP contribution in [0.4, 0.5) is 0 Å². The van der Waals surface area contributed by atoms with E-state index >= 15 is 0 Å². The van der Waals surface area contributed by atoms with Crippen molar-refractivity contribution in [3.05, 3.63) is 69.7 Å². The molecule has 0 unspecified atom stereocenters. The Morgan fingerprint density at radius 3 is 2.46 bits per heavy atom. The molecule has 0 bridgehead atoms. The maximum Gasteiger partial charge on any atom is 0.253 e. The zero-order chi connectivity index (χ0) is 19.3. The van der Waals surface area contributed by atoms with E-state index in [4.69, 9.17) is 12.2 Å². The molecule has 1 fully saturated rings. The van der Waals surface area contributed by atoms with E-state index in [1.165, 1.54) is 23.3 Å². The van der Waals surface area contributed by atoms with E-state index in [0.717, 1.165) is 47.3 Å². The number of nitrogens with zero attached hydrogens (tertiary/aromatic N) is 3. The van der Waals surface area contributed by atoms with E-state index in [1.807, 2.05) is 47.4 Å². The first-order valence-corrected chi connectivity index (χ1v) is 11.6. The molecule has 7 heteroatoms. The van der Waals surface area contributed by atoms with Gasteiger partial charge in [0.05, 0.1) is 5.69 Å². The van der Waals surface area contributed by atoms with Crippen molar-refractivity contribution < 1.29 is 4.79 Å². The second-order valence-electron chi connectivity index (χ2n) is 6.72. The number of piperidine rings is 1. The van der Waals surface area contributed by atoms with Gasteiger partial charge in [-0.25, -0.2) is 4.68 Å². The molecule has 4 rings (SSSR count). The fraction of sp³-hybridized carbons (Fsp3) is 0.286. The number of amides is 1. The summed E-state index contributed by atoms with van der Waals surface area (Å²) in [6.45, 7) is 1.72. The lowest BCUT2D eigenvalue weighted by atomic mass is 10.1. The van der Waals surface area contributed by atoms with Crippen molar-refractivity contribution >= 4 is 41.2 Å². The Bertz CT molecular complexity index is 990. The predicted octanol–water partition coefficient (Wildman–Crippen LogP) is 5.58. The van der Waals surface area contributed by atoms with Gasteiger partial charge in [-0.3, -0.25) is 4.79 Å². The molecule has 1 amide bonds. The van der Waals surface area contributed by atoms with Gasteiger partial charge in [0.2, 0.25) is 0 Å². The molecule has 2 heterocycles.